The number of benzene rings is 2. The lowest BCUT2D eigenvalue weighted by Crippen LogP contribution is -2.43. The molecule has 1 fully saturated rings. The lowest BCUT2D eigenvalue weighted by atomic mass is 9.98. The number of sulfonamides is 1. The van der Waals surface area contributed by atoms with Crippen LogP contribution in [0, 0.1) is 5.92 Å². The lowest BCUT2D eigenvalue weighted by molar-refractivity contribution is -0.143. The fourth-order valence-electron chi connectivity index (χ4n) is 3.46. The number of anilines is 1. The van der Waals surface area contributed by atoms with Crippen LogP contribution in [0.1, 0.15) is 24.0 Å². The molecule has 0 aromatic heterocycles. The van der Waals surface area contributed by atoms with Crippen LogP contribution in [0.2, 0.25) is 10.0 Å². The maximum atomic E-state index is 13.1. The average molecular weight is 549 g/mol. The Morgan fingerprint density at radius 2 is 1.56 bits per heavy atom. The monoisotopic (exact) mass is 548 g/mol. The van der Waals surface area contributed by atoms with Crippen LogP contribution in [0.3, 0.4) is 0 Å². The third-order valence-corrected chi connectivity index (χ3v) is 7.70. The number of nitrogens with one attached hydrogen (secondary N) is 1. The number of hydrogen-bond donors (Lipinski definition) is 1. The number of halogens is 8. The summed E-state index contributed by atoms with van der Waals surface area (Å²) < 4.78 is 105. The number of carbonyl (C=O) groups excluding carboxylic acids is 1. The zero-order chi connectivity index (χ0) is 25.5. The Labute approximate surface area is 200 Å². The van der Waals surface area contributed by atoms with Crippen molar-refractivity contribution in [3.05, 3.63) is 57.6 Å². The van der Waals surface area contributed by atoms with Gasteiger partial charge in [-0.05, 0) is 49.2 Å². The molecule has 1 saturated heterocycles. The largest absolute Gasteiger partial charge is 0.416 e. The first kappa shape index (κ1) is 26.6. The minimum atomic E-state index is -5.08. The molecule has 5 nitrogen and oxygen atoms in total. The fraction of sp³-hybridized carbons (Fsp3) is 0.350. The van der Waals surface area contributed by atoms with E-state index in [1.807, 2.05) is 0 Å². The molecule has 0 aliphatic carbocycles. The SMILES string of the molecule is O=C(Nc1cc(C(F)(F)F)cc(C(F)(F)F)c1)C1CCCN(S(=O)(=O)c2cc(Cl)ccc2Cl)C1. The van der Waals surface area contributed by atoms with Crippen LogP contribution >= 0.6 is 23.2 Å². The normalized spacial score (nSPS) is 18.1. The van der Waals surface area contributed by atoms with E-state index in [0.29, 0.717) is 12.1 Å². The molecule has 3 rings (SSSR count). The molecular weight excluding hydrogens is 533 g/mol. The van der Waals surface area contributed by atoms with Crippen molar-refractivity contribution in [2.24, 2.45) is 5.92 Å². The predicted molar refractivity (Wildman–Crippen MR) is 113 cm³/mol. The highest BCUT2D eigenvalue weighted by molar-refractivity contribution is 7.89. The highest BCUT2D eigenvalue weighted by atomic mass is 35.5. The van der Waals surface area contributed by atoms with Gasteiger partial charge in [-0.3, -0.25) is 4.79 Å². The van der Waals surface area contributed by atoms with Crippen molar-refractivity contribution >= 4 is 44.8 Å². The van der Waals surface area contributed by atoms with Crippen LogP contribution in [-0.4, -0.2) is 31.7 Å². The molecule has 1 atom stereocenters. The molecule has 1 heterocycles. The molecule has 0 bridgehead atoms. The van der Waals surface area contributed by atoms with E-state index in [1.54, 1.807) is 0 Å². The highest BCUT2D eigenvalue weighted by Gasteiger charge is 2.38. The van der Waals surface area contributed by atoms with Crippen molar-refractivity contribution < 1.29 is 39.6 Å². The van der Waals surface area contributed by atoms with E-state index in [-0.39, 0.29) is 46.9 Å². The van der Waals surface area contributed by atoms with Crippen LogP contribution in [0.4, 0.5) is 32.0 Å². The van der Waals surface area contributed by atoms with Crippen LogP contribution < -0.4 is 5.32 Å². The maximum Gasteiger partial charge on any atom is 0.416 e. The zero-order valence-corrected chi connectivity index (χ0v) is 19.3. The molecular formula is C20H16Cl2F6N2O3S. The van der Waals surface area contributed by atoms with Gasteiger partial charge in [0.2, 0.25) is 15.9 Å². The van der Waals surface area contributed by atoms with Gasteiger partial charge in [-0.25, -0.2) is 8.42 Å². The first-order valence-electron chi connectivity index (χ1n) is 9.64. The van der Waals surface area contributed by atoms with Gasteiger partial charge in [0.25, 0.3) is 0 Å². The Bertz CT molecular complexity index is 1170. The number of carbonyl (C=O) groups is 1. The number of piperidine rings is 1. The van der Waals surface area contributed by atoms with Crippen LogP contribution in [-0.2, 0) is 27.2 Å². The molecule has 1 aliphatic heterocycles. The smallest absolute Gasteiger partial charge is 0.326 e. The number of rotatable bonds is 4. The molecule has 1 unspecified atom stereocenters. The topological polar surface area (TPSA) is 66.5 Å². The average Bonchev–Trinajstić information content (AvgIpc) is 2.74. The van der Waals surface area contributed by atoms with Crippen molar-refractivity contribution in [1.29, 1.82) is 0 Å². The summed E-state index contributed by atoms with van der Waals surface area (Å²) in [5.74, 6) is -1.94. The van der Waals surface area contributed by atoms with Gasteiger partial charge in [-0.15, -0.1) is 0 Å². The summed E-state index contributed by atoms with van der Waals surface area (Å²) in [5, 5.41) is 2.07. The maximum absolute atomic E-state index is 13.1. The van der Waals surface area contributed by atoms with Gasteiger partial charge in [0.05, 0.1) is 22.1 Å². The van der Waals surface area contributed by atoms with Gasteiger partial charge >= 0.3 is 12.4 Å². The second-order valence-electron chi connectivity index (χ2n) is 7.56. The third-order valence-electron chi connectivity index (χ3n) is 5.12. The molecule has 1 aliphatic rings. The Kier molecular flexibility index (Phi) is 7.47. The van der Waals surface area contributed by atoms with Crippen molar-refractivity contribution in [3.8, 4) is 0 Å². The number of alkyl halides is 6. The van der Waals surface area contributed by atoms with Crippen LogP contribution in [0.25, 0.3) is 0 Å². The number of nitrogens with zero attached hydrogens (tertiary/aromatic N) is 1. The molecule has 2 aromatic carbocycles. The standard InChI is InChI=1S/C20H16Cl2F6N2O3S/c21-14-3-4-16(22)17(9-14)34(32,33)30-5-1-2-11(10-30)18(31)29-15-7-12(19(23,24)25)6-13(8-15)20(26,27)28/h3-4,6-9,11H,1-2,5,10H2,(H,29,31). The summed E-state index contributed by atoms with van der Waals surface area (Å²) in [7, 11) is -4.17. The number of amides is 1. The number of hydrogen-bond acceptors (Lipinski definition) is 3. The van der Waals surface area contributed by atoms with Gasteiger partial charge in [-0.1, -0.05) is 23.2 Å². The quantitative estimate of drug-likeness (QED) is 0.471. The Balaban J connectivity index is 1.84. The molecule has 0 radical (unpaired) electrons. The molecule has 34 heavy (non-hydrogen) atoms. The molecule has 2 aromatic rings. The molecule has 0 saturated carbocycles. The summed E-state index contributed by atoms with van der Waals surface area (Å²) in [6.45, 7) is -0.307. The molecule has 1 N–H and O–H groups in total. The molecule has 14 heteroatoms. The Morgan fingerprint density at radius 1 is 0.971 bits per heavy atom. The lowest BCUT2D eigenvalue weighted by Gasteiger charge is -2.31. The summed E-state index contributed by atoms with van der Waals surface area (Å²) in [4.78, 5) is 12.4. The van der Waals surface area contributed by atoms with Gasteiger partial charge in [0.1, 0.15) is 4.90 Å². The van der Waals surface area contributed by atoms with Crippen molar-refractivity contribution in [2.45, 2.75) is 30.1 Å². The van der Waals surface area contributed by atoms with E-state index >= 15 is 0 Å². The van der Waals surface area contributed by atoms with Crippen molar-refractivity contribution in [1.82, 2.24) is 4.31 Å². The van der Waals surface area contributed by atoms with Gasteiger partial charge in [0, 0.05) is 23.8 Å². The molecule has 186 valence electrons. The fourth-order valence-corrected chi connectivity index (χ4v) is 5.72. The Morgan fingerprint density at radius 3 is 2.12 bits per heavy atom. The second kappa shape index (κ2) is 9.56. The summed E-state index contributed by atoms with van der Waals surface area (Å²) >= 11 is 11.8. The van der Waals surface area contributed by atoms with Crippen molar-refractivity contribution in [3.63, 3.8) is 0 Å². The highest BCUT2D eigenvalue weighted by Crippen LogP contribution is 2.38. The van der Waals surface area contributed by atoms with Gasteiger partial charge in [0.15, 0.2) is 0 Å². The summed E-state index contributed by atoms with van der Waals surface area (Å²) in [6, 6.07) is 4.53. The predicted octanol–water partition coefficient (Wildman–Crippen LogP) is 6.07. The van der Waals surface area contributed by atoms with E-state index < -0.39 is 51.0 Å². The minimum Gasteiger partial charge on any atom is -0.326 e. The van der Waals surface area contributed by atoms with E-state index in [4.69, 9.17) is 23.2 Å². The van der Waals surface area contributed by atoms with E-state index in [2.05, 4.69) is 5.32 Å². The molecule has 1 amide bonds. The first-order valence-corrected chi connectivity index (χ1v) is 11.8. The van der Waals surface area contributed by atoms with Crippen LogP contribution in [0.5, 0.6) is 0 Å². The third kappa shape index (κ3) is 5.96. The van der Waals surface area contributed by atoms with Gasteiger partial charge in [-0.2, -0.15) is 30.6 Å². The van der Waals surface area contributed by atoms with Crippen molar-refractivity contribution in [2.75, 3.05) is 18.4 Å². The van der Waals surface area contributed by atoms with E-state index in [0.717, 1.165) is 10.4 Å². The van der Waals surface area contributed by atoms with E-state index in [1.165, 1.54) is 12.1 Å². The summed E-state index contributed by atoms with van der Waals surface area (Å²) in [5.41, 5.74) is -3.87. The van der Waals surface area contributed by atoms with Gasteiger partial charge < -0.3 is 5.32 Å². The minimum absolute atomic E-state index is 0.0384. The van der Waals surface area contributed by atoms with E-state index in [9.17, 15) is 39.6 Å². The zero-order valence-electron chi connectivity index (χ0n) is 17.0. The Hall–Kier alpha value is -2.02. The molecule has 0 spiro atoms. The summed E-state index contributed by atoms with van der Waals surface area (Å²) in [6.07, 6.45) is -9.75. The first-order chi connectivity index (χ1) is 15.6. The second-order valence-corrected chi connectivity index (χ2v) is 10.3. The van der Waals surface area contributed by atoms with Crippen LogP contribution in [0.15, 0.2) is 41.3 Å².